The van der Waals surface area contributed by atoms with E-state index >= 15 is 0 Å². The van der Waals surface area contributed by atoms with Crippen LogP contribution in [-0.2, 0) is 16.0 Å². The number of nitrogens with zero attached hydrogens (tertiary/aromatic N) is 2. The second-order valence-electron chi connectivity index (χ2n) is 9.37. The number of carbonyl (C=O) groups excluding carboxylic acids is 3. The number of anilines is 1. The number of aromatic amines is 1. The number of urea groups is 1. The van der Waals surface area contributed by atoms with Gasteiger partial charge in [-0.2, -0.15) is 0 Å². The number of para-hydroxylation sites is 2. The summed E-state index contributed by atoms with van der Waals surface area (Å²) in [5, 5.41) is 3.96. The summed E-state index contributed by atoms with van der Waals surface area (Å²) in [4.78, 5) is 46.4. The van der Waals surface area contributed by atoms with E-state index in [1.165, 1.54) is 4.90 Å². The number of carbonyl (C=O) groups is 3. The molecule has 0 radical (unpaired) electrons. The summed E-state index contributed by atoms with van der Waals surface area (Å²) in [6.07, 6.45) is 1.25. The van der Waals surface area contributed by atoms with Crippen LogP contribution in [0, 0.1) is 0 Å². The second-order valence-corrected chi connectivity index (χ2v) is 9.37. The molecule has 3 aromatic rings. The topological polar surface area (TPSA) is 94.7 Å². The van der Waals surface area contributed by atoms with Crippen molar-refractivity contribution in [3.63, 3.8) is 0 Å². The van der Waals surface area contributed by atoms with Gasteiger partial charge in [-0.25, -0.2) is 9.69 Å². The number of nitrogens with one attached hydrogen (secondary N) is 2. The SMILES string of the molecule is CC(C)OCCCNC(=O)c1ccccc1N1C(=O)[C@@H]2Cc3c([nH]c4ccccc34)C(C)N2C1=O. The van der Waals surface area contributed by atoms with Crippen LogP contribution in [0.25, 0.3) is 10.9 Å². The Morgan fingerprint density at radius 1 is 1.14 bits per heavy atom. The first-order valence-corrected chi connectivity index (χ1v) is 12.1. The number of imide groups is 1. The van der Waals surface area contributed by atoms with Gasteiger partial charge in [0.05, 0.1) is 23.4 Å². The summed E-state index contributed by atoms with van der Waals surface area (Å²) in [6.45, 7) is 6.85. The third-order valence-electron chi connectivity index (χ3n) is 6.78. The summed E-state index contributed by atoms with van der Waals surface area (Å²) in [5.74, 6) is -0.622. The van der Waals surface area contributed by atoms with Gasteiger partial charge in [-0.3, -0.25) is 9.59 Å². The van der Waals surface area contributed by atoms with Gasteiger partial charge in [0.25, 0.3) is 11.8 Å². The van der Waals surface area contributed by atoms with E-state index in [-0.39, 0.29) is 24.0 Å². The number of hydrogen-bond donors (Lipinski definition) is 2. The monoisotopic (exact) mass is 474 g/mol. The summed E-state index contributed by atoms with van der Waals surface area (Å²) in [7, 11) is 0. The lowest BCUT2D eigenvalue weighted by Crippen LogP contribution is -2.42. The Kier molecular flexibility index (Phi) is 6.06. The van der Waals surface area contributed by atoms with E-state index in [0.29, 0.717) is 37.2 Å². The molecule has 1 saturated heterocycles. The van der Waals surface area contributed by atoms with Crippen molar-refractivity contribution < 1.29 is 19.1 Å². The quantitative estimate of drug-likeness (QED) is 0.397. The van der Waals surface area contributed by atoms with Crippen molar-refractivity contribution in [2.24, 2.45) is 0 Å². The van der Waals surface area contributed by atoms with E-state index in [0.717, 1.165) is 22.2 Å². The van der Waals surface area contributed by atoms with E-state index < -0.39 is 12.1 Å². The van der Waals surface area contributed by atoms with Crippen LogP contribution >= 0.6 is 0 Å². The molecule has 2 aromatic carbocycles. The minimum Gasteiger partial charge on any atom is -0.379 e. The molecule has 4 amide bonds. The fourth-order valence-electron chi connectivity index (χ4n) is 5.13. The lowest BCUT2D eigenvalue weighted by atomic mass is 9.93. The molecule has 182 valence electrons. The Morgan fingerprint density at radius 2 is 1.89 bits per heavy atom. The molecule has 0 saturated carbocycles. The van der Waals surface area contributed by atoms with Gasteiger partial charge in [-0.15, -0.1) is 0 Å². The highest BCUT2D eigenvalue weighted by atomic mass is 16.5. The standard InChI is InChI=1S/C27H30N4O4/c1-16(2)35-14-8-13-28-25(32)19-10-5-7-12-22(19)31-26(33)23-15-20-18-9-4-6-11-21(18)29-24(20)17(3)30(23)27(31)34/h4-7,9-12,16-17,23,29H,8,13-15H2,1-3H3,(H,28,32)/t17?,23-/m0/s1. The third-order valence-corrected chi connectivity index (χ3v) is 6.78. The van der Waals surface area contributed by atoms with Crippen LogP contribution in [0.4, 0.5) is 10.5 Å². The summed E-state index contributed by atoms with van der Waals surface area (Å²) in [5.41, 5.74) is 3.65. The van der Waals surface area contributed by atoms with E-state index in [1.807, 2.05) is 45.0 Å². The van der Waals surface area contributed by atoms with Gasteiger partial charge in [-0.05, 0) is 51.0 Å². The highest BCUT2D eigenvalue weighted by molar-refractivity contribution is 6.24. The lowest BCUT2D eigenvalue weighted by Gasteiger charge is -2.33. The van der Waals surface area contributed by atoms with Crippen molar-refractivity contribution in [1.29, 1.82) is 0 Å². The van der Waals surface area contributed by atoms with Gasteiger partial charge in [0.2, 0.25) is 0 Å². The first-order chi connectivity index (χ1) is 16.9. The first-order valence-electron chi connectivity index (χ1n) is 12.1. The summed E-state index contributed by atoms with van der Waals surface area (Å²) < 4.78 is 5.52. The van der Waals surface area contributed by atoms with Crippen molar-refractivity contribution in [1.82, 2.24) is 15.2 Å². The molecular weight excluding hydrogens is 444 g/mol. The van der Waals surface area contributed by atoms with E-state index in [9.17, 15) is 14.4 Å². The predicted molar refractivity (Wildman–Crippen MR) is 133 cm³/mol. The van der Waals surface area contributed by atoms with Crippen molar-refractivity contribution in [3.8, 4) is 0 Å². The molecule has 1 aromatic heterocycles. The van der Waals surface area contributed by atoms with Crippen LogP contribution in [0.5, 0.6) is 0 Å². The molecule has 1 fully saturated rings. The average Bonchev–Trinajstić information content (AvgIpc) is 3.34. The van der Waals surface area contributed by atoms with Crippen LogP contribution in [0.1, 0.15) is 54.8 Å². The zero-order chi connectivity index (χ0) is 24.7. The maximum atomic E-state index is 13.6. The Morgan fingerprint density at radius 3 is 2.69 bits per heavy atom. The molecule has 1 unspecified atom stereocenters. The third kappa shape index (κ3) is 3.97. The van der Waals surface area contributed by atoms with Crippen LogP contribution in [0.2, 0.25) is 0 Å². The minimum absolute atomic E-state index is 0.138. The number of ether oxygens (including phenoxy) is 1. The van der Waals surface area contributed by atoms with Gasteiger partial charge >= 0.3 is 6.03 Å². The predicted octanol–water partition coefficient (Wildman–Crippen LogP) is 4.17. The Bertz CT molecular complexity index is 1300. The van der Waals surface area contributed by atoms with Gasteiger partial charge in [0.15, 0.2) is 0 Å². The van der Waals surface area contributed by atoms with Crippen molar-refractivity contribution >= 4 is 34.4 Å². The van der Waals surface area contributed by atoms with Crippen LogP contribution < -0.4 is 10.2 Å². The normalized spacial score (nSPS) is 19.4. The number of hydrogen-bond acceptors (Lipinski definition) is 4. The number of H-pyrrole nitrogens is 1. The van der Waals surface area contributed by atoms with Crippen LogP contribution in [0.15, 0.2) is 48.5 Å². The van der Waals surface area contributed by atoms with E-state index in [4.69, 9.17) is 4.74 Å². The van der Waals surface area contributed by atoms with Gasteiger partial charge in [0.1, 0.15) is 6.04 Å². The summed E-state index contributed by atoms with van der Waals surface area (Å²) >= 11 is 0. The fourth-order valence-corrected chi connectivity index (χ4v) is 5.13. The zero-order valence-electron chi connectivity index (χ0n) is 20.2. The molecule has 35 heavy (non-hydrogen) atoms. The Labute approximate surface area is 204 Å². The van der Waals surface area contributed by atoms with Crippen LogP contribution in [-0.4, -0.2) is 53.0 Å². The van der Waals surface area contributed by atoms with Gasteiger partial charge < -0.3 is 19.9 Å². The minimum atomic E-state index is -0.603. The molecule has 0 spiro atoms. The van der Waals surface area contributed by atoms with Crippen molar-refractivity contribution in [2.45, 2.75) is 51.8 Å². The van der Waals surface area contributed by atoms with E-state index in [1.54, 1.807) is 29.2 Å². The molecule has 3 heterocycles. The Hall–Kier alpha value is -3.65. The molecule has 2 N–H and O–H groups in total. The lowest BCUT2D eigenvalue weighted by molar-refractivity contribution is -0.120. The molecule has 2 aliphatic heterocycles. The molecule has 0 aliphatic carbocycles. The summed E-state index contributed by atoms with van der Waals surface area (Å²) in [6, 6.07) is 13.5. The molecule has 8 heteroatoms. The van der Waals surface area contributed by atoms with Crippen molar-refractivity contribution in [3.05, 3.63) is 65.4 Å². The smallest absolute Gasteiger partial charge is 0.332 e. The fraction of sp³-hybridized carbons (Fsp3) is 0.370. The first kappa shape index (κ1) is 23.1. The number of rotatable bonds is 7. The number of fused-ring (bicyclic) bond motifs is 4. The molecule has 8 nitrogen and oxygen atoms in total. The van der Waals surface area contributed by atoms with Crippen molar-refractivity contribution in [2.75, 3.05) is 18.1 Å². The highest BCUT2D eigenvalue weighted by Gasteiger charge is 2.52. The van der Waals surface area contributed by atoms with Crippen LogP contribution in [0.3, 0.4) is 0 Å². The molecule has 2 aliphatic rings. The molecule has 2 atom stereocenters. The maximum Gasteiger partial charge on any atom is 0.332 e. The highest BCUT2D eigenvalue weighted by Crippen LogP contribution is 2.42. The molecular formula is C27H30N4O4. The van der Waals surface area contributed by atoms with Gasteiger partial charge in [0, 0.05) is 36.2 Å². The second kappa shape index (κ2) is 9.19. The largest absolute Gasteiger partial charge is 0.379 e. The molecule has 0 bridgehead atoms. The maximum absolute atomic E-state index is 13.6. The zero-order valence-corrected chi connectivity index (χ0v) is 20.2. The molecule has 5 rings (SSSR count). The average molecular weight is 475 g/mol. The Balaban J connectivity index is 1.39. The number of aromatic nitrogens is 1. The number of benzene rings is 2. The number of amides is 4. The van der Waals surface area contributed by atoms with E-state index in [2.05, 4.69) is 10.3 Å². The van der Waals surface area contributed by atoms with Gasteiger partial charge in [-0.1, -0.05) is 30.3 Å².